The first kappa shape index (κ1) is 14.2. The van der Waals surface area contributed by atoms with E-state index < -0.39 is 0 Å². The van der Waals surface area contributed by atoms with Crippen molar-refractivity contribution in [1.29, 1.82) is 0 Å². The Bertz CT molecular complexity index is 209. The second kappa shape index (κ2) is 8.53. The molecule has 0 aliphatic rings. The lowest BCUT2D eigenvalue weighted by molar-refractivity contribution is -0.143. The summed E-state index contributed by atoms with van der Waals surface area (Å²) in [6.45, 7) is 2.54. The summed E-state index contributed by atoms with van der Waals surface area (Å²) in [5.74, 6) is 0.228. The van der Waals surface area contributed by atoms with Gasteiger partial charge in [-0.05, 0) is 13.3 Å². The van der Waals surface area contributed by atoms with E-state index in [1.54, 1.807) is 14.0 Å². The molecule has 0 spiro atoms. The van der Waals surface area contributed by atoms with Crippen LogP contribution in [0.3, 0.4) is 0 Å². The molecule has 15 heavy (non-hydrogen) atoms. The monoisotopic (exact) mass is 235 g/mol. The van der Waals surface area contributed by atoms with Crippen LogP contribution in [0.4, 0.5) is 0 Å². The maximum atomic E-state index is 11.4. The Morgan fingerprint density at radius 2 is 2.00 bits per heavy atom. The van der Waals surface area contributed by atoms with Crippen LogP contribution >= 0.6 is 11.6 Å². The molecule has 0 atom stereocenters. The molecular weight excluding hydrogens is 218 g/mol. The van der Waals surface area contributed by atoms with Crippen LogP contribution in [-0.2, 0) is 14.3 Å². The predicted molar refractivity (Wildman–Crippen MR) is 58.8 cm³/mol. The largest absolute Gasteiger partial charge is 0.466 e. The normalized spacial score (nSPS) is 9.80. The van der Waals surface area contributed by atoms with E-state index in [4.69, 9.17) is 16.3 Å². The van der Waals surface area contributed by atoms with Crippen LogP contribution in [0.1, 0.15) is 26.2 Å². The average Bonchev–Trinajstić information content (AvgIpc) is 2.22. The number of esters is 1. The molecule has 0 bridgehead atoms. The molecule has 5 heteroatoms. The maximum absolute atomic E-state index is 11.4. The molecule has 0 saturated heterocycles. The van der Waals surface area contributed by atoms with Gasteiger partial charge in [-0.1, -0.05) is 0 Å². The first-order chi connectivity index (χ1) is 7.11. The van der Waals surface area contributed by atoms with E-state index in [1.165, 1.54) is 4.90 Å². The molecule has 0 heterocycles. The number of carbonyl (C=O) groups is 2. The van der Waals surface area contributed by atoms with Crippen LogP contribution in [0.15, 0.2) is 0 Å². The average molecular weight is 236 g/mol. The van der Waals surface area contributed by atoms with E-state index in [9.17, 15) is 9.59 Å². The number of amides is 1. The molecular formula is C10H18ClNO3. The standard InChI is InChI=1S/C10H18ClNO3/c1-3-15-10(14)6-8-12(2)9(13)5-4-7-11/h3-8H2,1-2H3. The zero-order chi connectivity index (χ0) is 11.7. The smallest absolute Gasteiger partial charge is 0.307 e. The van der Waals surface area contributed by atoms with Gasteiger partial charge < -0.3 is 9.64 Å². The summed E-state index contributed by atoms with van der Waals surface area (Å²) in [6.07, 6.45) is 1.35. The van der Waals surface area contributed by atoms with Crippen LogP contribution in [0, 0.1) is 0 Å². The molecule has 0 aliphatic carbocycles. The summed E-state index contributed by atoms with van der Waals surface area (Å²) in [5, 5.41) is 0. The number of carbonyl (C=O) groups excluding carboxylic acids is 2. The van der Waals surface area contributed by atoms with E-state index >= 15 is 0 Å². The van der Waals surface area contributed by atoms with E-state index in [0.717, 1.165) is 0 Å². The highest BCUT2D eigenvalue weighted by molar-refractivity contribution is 6.17. The molecule has 0 radical (unpaired) electrons. The molecule has 0 N–H and O–H groups in total. The third-order valence-electron chi connectivity index (χ3n) is 1.91. The van der Waals surface area contributed by atoms with E-state index in [0.29, 0.717) is 31.9 Å². The number of nitrogens with zero attached hydrogens (tertiary/aromatic N) is 1. The fraction of sp³-hybridized carbons (Fsp3) is 0.800. The fourth-order valence-corrected chi connectivity index (χ4v) is 1.16. The summed E-state index contributed by atoms with van der Waals surface area (Å²) >= 11 is 5.47. The van der Waals surface area contributed by atoms with Gasteiger partial charge in [0.15, 0.2) is 0 Å². The number of halogens is 1. The lowest BCUT2D eigenvalue weighted by atomic mass is 10.3. The van der Waals surface area contributed by atoms with Gasteiger partial charge >= 0.3 is 5.97 Å². The molecule has 88 valence electrons. The van der Waals surface area contributed by atoms with Crippen LogP contribution in [0.2, 0.25) is 0 Å². The van der Waals surface area contributed by atoms with Gasteiger partial charge in [-0.3, -0.25) is 9.59 Å². The minimum Gasteiger partial charge on any atom is -0.466 e. The fourth-order valence-electron chi connectivity index (χ4n) is 1.03. The molecule has 0 unspecified atom stereocenters. The molecule has 1 amide bonds. The van der Waals surface area contributed by atoms with Crippen molar-refractivity contribution in [1.82, 2.24) is 4.90 Å². The molecule has 0 aromatic rings. The zero-order valence-electron chi connectivity index (χ0n) is 9.29. The Kier molecular flexibility index (Phi) is 8.09. The van der Waals surface area contributed by atoms with Crippen LogP contribution in [0.25, 0.3) is 0 Å². The second-order valence-electron chi connectivity index (χ2n) is 3.16. The van der Waals surface area contributed by atoms with Crippen LogP contribution in [0.5, 0.6) is 0 Å². The van der Waals surface area contributed by atoms with Gasteiger partial charge in [-0.15, -0.1) is 11.6 Å². The van der Waals surface area contributed by atoms with Gasteiger partial charge in [0.1, 0.15) is 0 Å². The summed E-state index contributed by atoms with van der Waals surface area (Å²) in [5.41, 5.74) is 0. The van der Waals surface area contributed by atoms with Gasteiger partial charge in [0.05, 0.1) is 13.0 Å². The first-order valence-corrected chi connectivity index (χ1v) is 5.60. The van der Waals surface area contributed by atoms with E-state index in [1.807, 2.05) is 0 Å². The van der Waals surface area contributed by atoms with E-state index in [2.05, 4.69) is 0 Å². The molecule has 0 saturated carbocycles. The summed E-state index contributed by atoms with van der Waals surface area (Å²) in [4.78, 5) is 23.9. The van der Waals surface area contributed by atoms with Gasteiger partial charge in [0.2, 0.25) is 5.91 Å². The Hall–Kier alpha value is -0.770. The van der Waals surface area contributed by atoms with Crippen molar-refractivity contribution in [2.75, 3.05) is 26.1 Å². The third kappa shape index (κ3) is 7.19. The highest BCUT2D eigenvalue weighted by Gasteiger charge is 2.10. The molecule has 0 aliphatic heterocycles. The molecule has 0 fully saturated rings. The molecule has 0 aromatic carbocycles. The minimum atomic E-state index is -0.269. The highest BCUT2D eigenvalue weighted by Crippen LogP contribution is 1.99. The summed E-state index contributed by atoms with van der Waals surface area (Å²) < 4.78 is 4.76. The van der Waals surface area contributed by atoms with Gasteiger partial charge in [-0.2, -0.15) is 0 Å². The van der Waals surface area contributed by atoms with Crippen molar-refractivity contribution in [3.8, 4) is 0 Å². The number of alkyl halides is 1. The Balaban J connectivity index is 3.67. The van der Waals surface area contributed by atoms with Crippen molar-refractivity contribution in [3.63, 3.8) is 0 Å². The number of ether oxygens (including phenoxy) is 1. The number of hydrogen-bond acceptors (Lipinski definition) is 3. The second-order valence-corrected chi connectivity index (χ2v) is 3.54. The first-order valence-electron chi connectivity index (χ1n) is 5.07. The van der Waals surface area contributed by atoms with Crippen molar-refractivity contribution < 1.29 is 14.3 Å². The Morgan fingerprint density at radius 3 is 2.53 bits per heavy atom. The van der Waals surface area contributed by atoms with Crippen molar-refractivity contribution in [2.45, 2.75) is 26.2 Å². The SMILES string of the molecule is CCOC(=O)CCN(C)C(=O)CCCCl. The lowest BCUT2D eigenvalue weighted by Gasteiger charge is -2.16. The minimum absolute atomic E-state index is 0.0138. The lowest BCUT2D eigenvalue weighted by Crippen LogP contribution is -2.29. The van der Waals surface area contributed by atoms with Crippen molar-refractivity contribution in [3.05, 3.63) is 0 Å². The quantitative estimate of drug-likeness (QED) is 0.495. The number of rotatable bonds is 7. The Morgan fingerprint density at radius 1 is 1.33 bits per heavy atom. The van der Waals surface area contributed by atoms with Gasteiger partial charge in [0.25, 0.3) is 0 Å². The van der Waals surface area contributed by atoms with Crippen LogP contribution in [-0.4, -0.2) is 42.9 Å². The summed E-state index contributed by atoms with van der Waals surface area (Å²) in [7, 11) is 1.68. The van der Waals surface area contributed by atoms with Crippen LogP contribution < -0.4 is 0 Å². The highest BCUT2D eigenvalue weighted by atomic mass is 35.5. The Labute approximate surface area is 95.5 Å². The van der Waals surface area contributed by atoms with Gasteiger partial charge in [0, 0.05) is 25.9 Å². The molecule has 0 aromatic heterocycles. The van der Waals surface area contributed by atoms with Crippen molar-refractivity contribution in [2.24, 2.45) is 0 Å². The maximum Gasteiger partial charge on any atom is 0.307 e. The topological polar surface area (TPSA) is 46.6 Å². The zero-order valence-corrected chi connectivity index (χ0v) is 10.0. The number of hydrogen-bond donors (Lipinski definition) is 0. The molecule has 0 rings (SSSR count). The predicted octanol–water partition coefficient (Wildman–Crippen LogP) is 1.42. The van der Waals surface area contributed by atoms with Gasteiger partial charge in [-0.25, -0.2) is 0 Å². The van der Waals surface area contributed by atoms with E-state index in [-0.39, 0.29) is 18.3 Å². The molecule has 4 nitrogen and oxygen atoms in total. The van der Waals surface area contributed by atoms with Crippen molar-refractivity contribution >= 4 is 23.5 Å². The third-order valence-corrected chi connectivity index (χ3v) is 2.17. The summed E-state index contributed by atoms with van der Waals surface area (Å²) in [6, 6.07) is 0.